The molecule has 0 heterocycles. The summed E-state index contributed by atoms with van der Waals surface area (Å²) in [5, 5.41) is 4.97. The third-order valence-electron chi connectivity index (χ3n) is 8.35. The van der Waals surface area contributed by atoms with Crippen LogP contribution in [0.4, 0.5) is 0 Å². The summed E-state index contributed by atoms with van der Waals surface area (Å²) in [6, 6.07) is 10.3. The SMILES string of the molecule is CCOc1cc(CNC(C)C23CC4CC(CC(C4)C2)C3)cc(Br)c1OCc1ccc(Cl)c(Cl)c1. The van der Waals surface area contributed by atoms with Gasteiger partial charge in [-0.2, -0.15) is 0 Å². The van der Waals surface area contributed by atoms with Crippen LogP contribution < -0.4 is 14.8 Å². The van der Waals surface area contributed by atoms with Gasteiger partial charge in [0.1, 0.15) is 6.61 Å². The van der Waals surface area contributed by atoms with Crippen molar-refractivity contribution in [2.75, 3.05) is 6.61 Å². The zero-order valence-corrected chi connectivity index (χ0v) is 23.1. The Morgan fingerprint density at radius 3 is 2.26 bits per heavy atom. The molecule has 0 aromatic heterocycles. The fourth-order valence-electron chi connectivity index (χ4n) is 7.11. The van der Waals surface area contributed by atoms with Crippen molar-refractivity contribution in [1.82, 2.24) is 5.32 Å². The lowest BCUT2D eigenvalue weighted by Crippen LogP contribution is -2.54. The van der Waals surface area contributed by atoms with E-state index >= 15 is 0 Å². The lowest BCUT2D eigenvalue weighted by Gasteiger charge is -2.59. The summed E-state index contributed by atoms with van der Waals surface area (Å²) in [6.45, 7) is 6.21. The molecule has 3 nitrogen and oxygen atoms in total. The molecule has 4 fully saturated rings. The van der Waals surface area contributed by atoms with E-state index in [1.165, 1.54) is 44.1 Å². The summed E-state index contributed by atoms with van der Waals surface area (Å²) in [5.41, 5.74) is 2.66. The number of nitrogens with one attached hydrogen (secondary N) is 1. The van der Waals surface area contributed by atoms with Gasteiger partial charge >= 0.3 is 0 Å². The molecule has 1 unspecified atom stereocenters. The Balaban J connectivity index is 1.26. The van der Waals surface area contributed by atoms with Crippen LogP contribution in [0.25, 0.3) is 0 Å². The van der Waals surface area contributed by atoms with Gasteiger partial charge in [-0.05, 0) is 127 Å². The molecule has 34 heavy (non-hydrogen) atoms. The van der Waals surface area contributed by atoms with Crippen molar-refractivity contribution in [3.8, 4) is 11.5 Å². The zero-order chi connectivity index (χ0) is 23.9. The minimum atomic E-state index is 0.385. The average Bonchev–Trinajstić information content (AvgIpc) is 2.78. The quantitative estimate of drug-likeness (QED) is 0.330. The molecule has 6 rings (SSSR count). The van der Waals surface area contributed by atoms with Gasteiger partial charge in [0.25, 0.3) is 0 Å². The number of hydrogen-bond acceptors (Lipinski definition) is 3. The summed E-state index contributed by atoms with van der Waals surface area (Å²) in [7, 11) is 0. The fraction of sp³-hybridized carbons (Fsp3) is 0.571. The van der Waals surface area contributed by atoms with Crippen molar-refractivity contribution >= 4 is 39.1 Å². The molecule has 2 aromatic rings. The first-order valence-corrected chi connectivity index (χ1v) is 14.2. The van der Waals surface area contributed by atoms with Gasteiger partial charge in [0.15, 0.2) is 11.5 Å². The van der Waals surface area contributed by atoms with Gasteiger partial charge in [-0.25, -0.2) is 0 Å². The van der Waals surface area contributed by atoms with E-state index in [1.807, 2.05) is 19.1 Å². The number of halogens is 3. The molecule has 184 valence electrons. The van der Waals surface area contributed by atoms with Crippen LogP contribution in [-0.2, 0) is 13.2 Å². The van der Waals surface area contributed by atoms with Crippen LogP contribution in [0.5, 0.6) is 11.5 Å². The second-order valence-electron chi connectivity index (χ2n) is 10.8. The maximum absolute atomic E-state index is 6.16. The van der Waals surface area contributed by atoms with Crippen LogP contribution in [0.1, 0.15) is 63.5 Å². The van der Waals surface area contributed by atoms with E-state index in [4.69, 9.17) is 32.7 Å². The van der Waals surface area contributed by atoms with Crippen LogP contribution >= 0.6 is 39.1 Å². The standard InChI is InChI=1S/C28H34BrCl2NO2/c1-3-33-26-11-22(9-23(29)27(26)34-16-18-4-5-24(30)25(31)10-18)15-32-17(2)28-12-19-6-20(13-28)8-21(7-19)14-28/h4-5,9-11,17,19-21,32H,3,6-8,12-16H2,1-2H3. The molecular weight excluding hydrogens is 533 g/mol. The molecule has 1 atom stereocenters. The summed E-state index contributed by atoms with van der Waals surface area (Å²) < 4.78 is 13.0. The van der Waals surface area contributed by atoms with E-state index in [2.05, 4.69) is 40.3 Å². The Bertz CT molecular complexity index is 1010. The first kappa shape index (κ1) is 24.7. The van der Waals surface area contributed by atoms with Crippen LogP contribution in [0.15, 0.2) is 34.8 Å². The van der Waals surface area contributed by atoms with Crippen molar-refractivity contribution in [2.24, 2.45) is 23.2 Å². The monoisotopic (exact) mass is 565 g/mol. The molecule has 0 amide bonds. The van der Waals surface area contributed by atoms with E-state index in [9.17, 15) is 0 Å². The Kier molecular flexibility index (Phi) is 7.42. The molecule has 4 aliphatic rings. The van der Waals surface area contributed by atoms with Crippen LogP contribution in [-0.4, -0.2) is 12.6 Å². The normalized spacial score (nSPS) is 28.2. The average molecular weight is 567 g/mol. The van der Waals surface area contributed by atoms with Crippen molar-refractivity contribution in [1.29, 1.82) is 0 Å². The highest BCUT2D eigenvalue weighted by molar-refractivity contribution is 9.10. The lowest BCUT2D eigenvalue weighted by atomic mass is 9.48. The van der Waals surface area contributed by atoms with Gasteiger partial charge < -0.3 is 14.8 Å². The van der Waals surface area contributed by atoms with Gasteiger partial charge in [0.2, 0.25) is 0 Å². The molecule has 0 radical (unpaired) electrons. The minimum absolute atomic E-state index is 0.385. The third kappa shape index (κ3) is 5.12. The van der Waals surface area contributed by atoms with Gasteiger partial charge in [0.05, 0.1) is 21.1 Å². The zero-order valence-electron chi connectivity index (χ0n) is 20.0. The fourth-order valence-corrected chi connectivity index (χ4v) is 8.03. The third-order valence-corrected chi connectivity index (χ3v) is 9.68. The Labute approximate surface area is 222 Å². The number of hydrogen-bond donors (Lipinski definition) is 1. The maximum atomic E-state index is 6.16. The van der Waals surface area contributed by atoms with Gasteiger partial charge in [-0.15, -0.1) is 0 Å². The molecular formula is C28H34BrCl2NO2. The largest absolute Gasteiger partial charge is 0.490 e. The van der Waals surface area contributed by atoms with Gasteiger partial charge in [0, 0.05) is 12.6 Å². The highest BCUT2D eigenvalue weighted by atomic mass is 79.9. The van der Waals surface area contributed by atoms with Crippen LogP contribution in [0.2, 0.25) is 10.0 Å². The van der Waals surface area contributed by atoms with Crippen molar-refractivity contribution < 1.29 is 9.47 Å². The number of ether oxygens (including phenoxy) is 2. The second kappa shape index (κ2) is 10.2. The first-order valence-electron chi connectivity index (χ1n) is 12.6. The highest BCUT2D eigenvalue weighted by Crippen LogP contribution is 2.61. The number of benzene rings is 2. The molecule has 0 saturated heterocycles. The maximum Gasteiger partial charge on any atom is 0.175 e. The van der Waals surface area contributed by atoms with Gasteiger partial charge in [-0.3, -0.25) is 0 Å². The minimum Gasteiger partial charge on any atom is -0.490 e. The Morgan fingerprint density at radius 2 is 1.65 bits per heavy atom. The number of rotatable bonds is 9. The van der Waals surface area contributed by atoms with E-state index in [1.54, 1.807) is 6.07 Å². The predicted octanol–water partition coefficient (Wildman–Crippen LogP) is 8.43. The molecule has 0 aliphatic heterocycles. The summed E-state index contributed by atoms with van der Waals surface area (Å²) >= 11 is 15.9. The van der Waals surface area contributed by atoms with E-state index < -0.39 is 0 Å². The Hall–Kier alpha value is -0.940. The molecule has 6 heteroatoms. The molecule has 0 spiro atoms. The van der Waals surface area contributed by atoms with Crippen molar-refractivity contribution in [3.05, 3.63) is 56.0 Å². The van der Waals surface area contributed by atoms with E-state index in [0.717, 1.165) is 40.1 Å². The molecule has 4 aliphatic carbocycles. The van der Waals surface area contributed by atoms with E-state index in [-0.39, 0.29) is 0 Å². The smallest absolute Gasteiger partial charge is 0.175 e. The highest BCUT2D eigenvalue weighted by Gasteiger charge is 2.52. The molecule has 4 saturated carbocycles. The summed E-state index contributed by atoms with van der Waals surface area (Å²) in [6.07, 6.45) is 8.72. The van der Waals surface area contributed by atoms with Gasteiger partial charge in [-0.1, -0.05) is 29.3 Å². The van der Waals surface area contributed by atoms with E-state index in [0.29, 0.717) is 40.5 Å². The molecule has 1 N–H and O–H groups in total. The Morgan fingerprint density at radius 1 is 0.971 bits per heavy atom. The molecule has 2 aromatic carbocycles. The van der Waals surface area contributed by atoms with Crippen molar-refractivity contribution in [2.45, 2.75) is 71.6 Å². The van der Waals surface area contributed by atoms with Crippen LogP contribution in [0.3, 0.4) is 0 Å². The summed E-state index contributed by atoms with van der Waals surface area (Å²) in [4.78, 5) is 0. The van der Waals surface area contributed by atoms with Crippen molar-refractivity contribution in [3.63, 3.8) is 0 Å². The lowest BCUT2D eigenvalue weighted by molar-refractivity contribution is -0.0706. The predicted molar refractivity (Wildman–Crippen MR) is 143 cm³/mol. The summed E-state index contributed by atoms with van der Waals surface area (Å²) in [5.74, 6) is 4.39. The topological polar surface area (TPSA) is 30.5 Å². The first-order chi connectivity index (χ1) is 16.3. The molecule has 4 bridgehead atoms. The second-order valence-corrected chi connectivity index (χ2v) is 12.4. The van der Waals surface area contributed by atoms with Crippen LogP contribution in [0, 0.1) is 23.2 Å².